The fourth-order valence-electron chi connectivity index (χ4n) is 1.47. The fourth-order valence-corrected chi connectivity index (χ4v) is 1.97. The average Bonchev–Trinajstić information content (AvgIpc) is 2.15. The lowest BCUT2D eigenvalue weighted by molar-refractivity contribution is 0.667. The van der Waals surface area contributed by atoms with Crippen LogP contribution in [0.15, 0.2) is 18.2 Å². The molecule has 0 spiro atoms. The molecule has 0 saturated heterocycles. The summed E-state index contributed by atoms with van der Waals surface area (Å²) in [4.78, 5) is 0. The maximum atomic E-state index is 6.06. The first kappa shape index (κ1) is 11.9. The molecule has 2 heteroatoms. The first-order valence-corrected chi connectivity index (χ1v) is 5.93. The number of hydrogen-bond acceptors (Lipinski definition) is 0. The van der Waals surface area contributed by atoms with Gasteiger partial charge in [0.2, 0.25) is 0 Å². The van der Waals surface area contributed by atoms with Gasteiger partial charge in [0.25, 0.3) is 0 Å². The molecular weight excluding hydrogens is 215 g/mol. The van der Waals surface area contributed by atoms with Crippen LogP contribution in [0.3, 0.4) is 0 Å². The highest BCUT2D eigenvalue weighted by molar-refractivity contribution is 6.35. The Morgan fingerprint density at radius 3 is 2.50 bits per heavy atom. The van der Waals surface area contributed by atoms with Crippen molar-refractivity contribution >= 4 is 23.2 Å². The van der Waals surface area contributed by atoms with Crippen LogP contribution < -0.4 is 0 Å². The highest BCUT2D eigenvalue weighted by atomic mass is 35.5. The predicted octanol–water partition coefficient (Wildman–Crippen LogP) is 5.12. The average molecular weight is 231 g/mol. The lowest BCUT2D eigenvalue weighted by atomic mass is 10.1. The van der Waals surface area contributed by atoms with Crippen LogP contribution in [0.2, 0.25) is 10.0 Å². The number of rotatable bonds is 5. The number of halogens is 2. The third kappa shape index (κ3) is 3.89. The van der Waals surface area contributed by atoms with Gasteiger partial charge < -0.3 is 0 Å². The summed E-state index contributed by atoms with van der Waals surface area (Å²) in [6, 6.07) is 5.75. The molecule has 1 rings (SSSR count). The highest BCUT2D eigenvalue weighted by Gasteiger charge is 2.00. The summed E-state index contributed by atoms with van der Waals surface area (Å²) in [5.74, 6) is 0. The van der Waals surface area contributed by atoms with Crippen molar-refractivity contribution in [1.29, 1.82) is 0 Å². The molecule has 1 aromatic rings. The predicted molar refractivity (Wildman–Crippen MR) is 64.3 cm³/mol. The van der Waals surface area contributed by atoms with Crippen molar-refractivity contribution < 1.29 is 0 Å². The Morgan fingerprint density at radius 1 is 1.07 bits per heavy atom. The molecule has 0 saturated carbocycles. The summed E-state index contributed by atoms with van der Waals surface area (Å²) >= 11 is 11.9. The summed E-state index contributed by atoms with van der Waals surface area (Å²) < 4.78 is 0. The van der Waals surface area contributed by atoms with Gasteiger partial charge in [0, 0.05) is 10.0 Å². The SMILES string of the molecule is CCCCCCc1ccc(Cl)cc1Cl. The topological polar surface area (TPSA) is 0 Å². The normalized spacial score (nSPS) is 10.5. The summed E-state index contributed by atoms with van der Waals surface area (Å²) in [6.07, 6.45) is 6.15. The molecule has 0 atom stereocenters. The van der Waals surface area contributed by atoms with Crippen molar-refractivity contribution in [3.8, 4) is 0 Å². The van der Waals surface area contributed by atoms with Gasteiger partial charge in [-0.15, -0.1) is 0 Å². The van der Waals surface area contributed by atoms with Gasteiger partial charge in [0.1, 0.15) is 0 Å². The molecule has 0 N–H and O–H groups in total. The van der Waals surface area contributed by atoms with E-state index in [-0.39, 0.29) is 0 Å². The van der Waals surface area contributed by atoms with E-state index < -0.39 is 0 Å². The van der Waals surface area contributed by atoms with Crippen molar-refractivity contribution in [2.24, 2.45) is 0 Å². The first-order chi connectivity index (χ1) is 6.74. The molecule has 0 radical (unpaired) electrons. The number of hydrogen-bond donors (Lipinski definition) is 0. The smallest absolute Gasteiger partial charge is 0.0452 e. The van der Waals surface area contributed by atoms with Crippen molar-refractivity contribution in [2.75, 3.05) is 0 Å². The quantitative estimate of drug-likeness (QED) is 0.617. The fraction of sp³-hybridized carbons (Fsp3) is 0.500. The van der Waals surface area contributed by atoms with Crippen LogP contribution in [0.5, 0.6) is 0 Å². The van der Waals surface area contributed by atoms with Crippen LogP contribution in [0.1, 0.15) is 38.2 Å². The van der Waals surface area contributed by atoms with Gasteiger partial charge in [-0.05, 0) is 30.5 Å². The van der Waals surface area contributed by atoms with Gasteiger partial charge in [0.05, 0.1) is 0 Å². The molecule has 0 aromatic heterocycles. The monoisotopic (exact) mass is 230 g/mol. The minimum absolute atomic E-state index is 0.715. The van der Waals surface area contributed by atoms with Crippen molar-refractivity contribution in [1.82, 2.24) is 0 Å². The Labute approximate surface area is 96.2 Å². The minimum Gasteiger partial charge on any atom is -0.0843 e. The van der Waals surface area contributed by atoms with E-state index in [1.807, 2.05) is 18.2 Å². The number of unbranched alkanes of at least 4 members (excludes halogenated alkanes) is 3. The Hall–Kier alpha value is -0.200. The molecule has 0 amide bonds. The van der Waals surface area contributed by atoms with Crippen LogP contribution in [0.25, 0.3) is 0 Å². The molecule has 0 nitrogen and oxygen atoms in total. The molecule has 1 aromatic carbocycles. The summed E-state index contributed by atoms with van der Waals surface area (Å²) in [6.45, 7) is 2.22. The van der Waals surface area contributed by atoms with Gasteiger partial charge >= 0.3 is 0 Å². The second kappa shape index (κ2) is 6.31. The Morgan fingerprint density at radius 2 is 1.86 bits per heavy atom. The van der Waals surface area contributed by atoms with Gasteiger partial charge in [0.15, 0.2) is 0 Å². The molecule has 0 heterocycles. The zero-order chi connectivity index (χ0) is 10.4. The Balaban J connectivity index is 2.42. The van der Waals surface area contributed by atoms with Crippen LogP contribution >= 0.6 is 23.2 Å². The lowest BCUT2D eigenvalue weighted by Gasteiger charge is -2.04. The standard InChI is InChI=1S/C12H16Cl2/c1-2-3-4-5-6-10-7-8-11(13)9-12(10)14/h7-9H,2-6H2,1H3. The van der Waals surface area contributed by atoms with E-state index in [1.54, 1.807) is 0 Å². The zero-order valence-corrected chi connectivity index (χ0v) is 10.0. The van der Waals surface area contributed by atoms with E-state index in [4.69, 9.17) is 23.2 Å². The highest BCUT2D eigenvalue weighted by Crippen LogP contribution is 2.22. The Bertz CT molecular complexity index is 282. The van der Waals surface area contributed by atoms with Crippen molar-refractivity contribution in [2.45, 2.75) is 39.0 Å². The summed E-state index contributed by atoms with van der Waals surface area (Å²) in [7, 11) is 0. The molecule has 0 aliphatic rings. The van der Waals surface area contributed by atoms with Gasteiger partial charge in [-0.1, -0.05) is 55.5 Å². The molecule has 14 heavy (non-hydrogen) atoms. The van der Waals surface area contributed by atoms with E-state index in [0.717, 1.165) is 11.4 Å². The molecule has 0 aliphatic heterocycles. The van der Waals surface area contributed by atoms with Crippen molar-refractivity contribution in [3.63, 3.8) is 0 Å². The molecule has 0 fully saturated rings. The summed E-state index contributed by atoms with van der Waals surface area (Å²) in [5, 5.41) is 1.52. The number of benzene rings is 1. The minimum atomic E-state index is 0.715. The van der Waals surface area contributed by atoms with Gasteiger partial charge in [-0.25, -0.2) is 0 Å². The van der Waals surface area contributed by atoms with Crippen LogP contribution in [-0.2, 0) is 6.42 Å². The lowest BCUT2D eigenvalue weighted by Crippen LogP contribution is -1.87. The van der Waals surface area contributed by atoms with E-state index in [0.29, 0.717) is 5.02 Å². The van der Waals surface area contributed by atoms with Gasteiger partial charge in [-0.2, -0.15) is 0 Å². The molecule has 78 valence electrons. The first-order valence-electron chi connectivity index (χ1n) is 5.18. The molecule has 0 aliphatic carbocycles. The zero-order valence-electron chi connectivity index (χ0n) is 8.52. The third-order valence-corrected chi connectivity index (χ3v) is 2.90. The van der Waals surface area contributed by atoms with Crippen LogP contribution in [-0.4, -0.2) is 0 Å². The number of aryl methyl sites for hydroxylation is 1. The maximum Gasteiger partial charge on any atom is 0.0452 e. The van der Waals surface area contributed by atoms with E-state index in [1.165, 1.54) is 31.2 Å². The van der Waals surface area contributed by atoms with E-state index in [9.17, 15) is 0 Å². The Kier molecular flexibility index (Phi) is 5.36. The van der Waals surface area contributed by atoms with Crippen LogP contribution in [0.4, 0.5) is 0 Å². The third-order valence-electron chi connectivity index (χ3n) is 2.31. The second-order valence-electron chi connectivity index (χ2n) is 3.55. The largest absolute Gasteiger partial charge is 0.0843 e. The van der Waals surface area contributed by atoms with E-state index >= 15 is 0 Å². The molecule has 0 bridgehead atoms. The van der Waals surface area contributed by atoms with Crippen LogP contribution in [0, 0.1) is 0 Å². The molecular formula is C12H16Cl2. The van der Waals surface area contributed by atoms with E-state index in [2.05, 4.69) is 6.92 Å². The summed E-state index contributed by atoms with van der Waals surface area (Å²) in [5.41, 5.74) is 1.21. The van der Waals surface area contributed by atoms with Gasteiger partial charge in [-0.3, -0.25) is 0 Å². The van der Waals surface area contributed by atoms with Crippen molar-refractivity contribution in [3.05, 3.63) is 33.8 Å². The second-order valence-corrected chi connectivity index (χ2v) is 4.39. The maximum absolute atomic E-state index is 6.06. The molecule has 0 unspecified atom stereocenters.